The van der Waals surface area contributed by atoms with Crippen molar-refractivity contribution in [2.75, 3.05) is 6.61 Å². The molecule has 0 aromatic carbocycles. The van der Waals surface area contributed by atoms with E-state index in [0.717, 1.165) is 6.07 Å². The van der Waals surface area contributed by atoms with Crippen molar-refractivity contribution in [3.05, 3.63) is 29.1 Å². The van der Waals surface area contributed by atoms with Crippen molar-refractivity contribution >= 4 is 0 Å². The molecule has 0 bridgehead atoms. The second-order valence-electron chi connectivity index (χ2n) is 3.75. The Morgan fingerprint density at radius 2 is 2.12 bits per heavy atom. The molecule has 2 atom stereocenters. The Morgan fingerprint density at radius 3 is 2.75 bits per heavy atom. The van der Waals surface area contributed by atoms with Gasteiger partial charge < -0.3 is 10.5 Å². The molecule has 0 radical (unpaired) electrons. The Bertz CT molecular complexity index is 406. The molecule has 0 aliphatic carbocycles. The van der Waals surface area contributed by atoms with Gasteiger partial charge >= 0.3 is 6.18 Å². The van der Waals surface area contributed by atoms with Gasteiger partial charge in [-0.15, -0.1) is 0 Å². The molecule has 1 aliphatic heterocycles. The number of rotatable bonds is 0. The number of hydrogen-bond acceptors (Lipinski definition) is 3. The predicted octanol–water partition coefficient (Wildman–Crippen LogP) is 2.19. The van der Waals surface area contributed by atoms with Crippen LogP contribution in [0.4, 0.5) is 13.2 Å². The SMILES string of the molecule is C[C@H]1OCC(N)c2ccc(C(F)(F)F)nc21. The van der Waals surface area contributed by atoms with Crippen LogP contribution in [-0.4, -0.2) is 11.6 Å². The quantitative estimate of drug-likeness (QED) is 0.745. The molecule has 1 aliphatic rings. The highest BCUT2D eigenvalue weighted by Gasteiger charge is 2.35. The van der Waals surface area contributed by atoms with Gasteiger partial charge in [0, 0.05) is 0 Å². The molecule has 0 saturated heterocycles. The molecule has 2 rings (SSSR count). The molecular weight excluding hydrogens is 221 g/mol. The van der Waals surface area contributed by atoms with E-state index in [0.29, 0.717) is 12.2 Å². The van der Waals surface area contributed by atoms with Gasteiger partial charge in [-0.05, 0) is 18.6 Å². The second-order valence-corrected chi connectivity index (χ2v) is 3.75. The van der Waals surface area contributed by atoms with E-state index in [1.807, 2.05) is 0 Å². The van der Waals surface area contributed by atoms with Crippen LogP contribution in [0, 0.1) is 0 Å². The van der Waals surface area contributed by atoms with Crippen LogP contribution in [0.2, 0.25) is 0 Å². The summed E-state index contributed by atoms with van der Waals surface area (Å²) in [6.07, 6.45) is -4.88. The molecule has 6 heteroatoms. The molecule has 1 unspecified atom stereocenters. The lowest BCUT2D eigenvalue weighted by Gasteiger charge is -2.27. The monoisotopic (exact) mass is 232 g/mol. The van der Waals surface area contributed by atoms with Crippen LogP contribution >= 0.6 is 0 Å². The van der Waals surface area contributed by atoms with Gasteiger partial charge in [-0.1, -0.05) is 6.07 Å². The predicted molar refractivity (Wildman–Crippen MR) is 50.5 cm³/mol. The minimum atomic E-state index is -4.43. The van der Waals surface area contributed by atoms with Gasteiger partial charge in [-0.3, -0.25) is 0 Å². The number of hydrogen-bond donors (Lipinski definition) is 1. The molecule has 2 N–H and O–H groups in total. The third kappa shape index (κ3) is 1.90. The fourth-order valence-corrected chi connectivity index (χ4v) is 1.70. The first-order valence-corrected chi connectivity index (χ1v) is 4.85. The zero-order chi connectivity index (χ0) is 11.9. The van der Waals surface area contributed by atoms with Crippen LogP contribution in [0.25, 0.3) is 0 Å². The average Bonchev–Trinajstić information content (AvgIpc) is 2.22. The summed E-state index contributed by atoms with van der Waals surface area (Å²) in [6.45, 7) is 1.97. The highest BCUT2D eigenvalue weighted by molar-refractivity contribution is 5.30. The van der Waals surface area contributed by atoms with Crippen molar-refractivity contribution in [2.45, 2.75) is 25.2 Å². The summed E-state index contributed by atoms with van der Waals surface area (Å²) in [5, 5.41) is 0. The third-order valence-electron chi connectivity index (χ3n) is 2.56. The van der Waals surface area contributed by atoms with E-state index in [9.17, 15) is 13.2 Å². The summed E-state index contributed by atoms with van der Waals surface area (Å²) in [7, 11) is 0. The van der Waals surface area contributed by atoms with Crippen molar-refractivity contribution in [2.24, 2.45) is 5.73 Å². The van der Waals surface area contributed by atoms with E-state index in [-0.39, 0.29) is 5.69 Å². The Kier molecular flexibility index (Phi) is 2.63. The number of alkyl halides is 3. The van der Waals surface area contributed by atoms with Gasteiger partial charge in [0.15, 0.2) is 0 Å². The Morgan fingerprint density at radius 1 is 1.44 bits per heavy atom. The largest absolute Gasteiger partial charge is 0.433 e. The first-order valence-electron chi connectivity index (χ1n) is 4.85. The number of nitrogens with two attached hydrogens (primary N) is 1. The smallest absolute Gasteiger partial charge is 0.370 e. The molecular formula is C10H11F3N2O. The molecule has 1 aromatic heterocycles. The van der Waals surface area contributed by atoms with Crippen molar-refractivity contribution in [3.63, 3.8) is 0 Å². The minimum Gasteiger partial charge on any atom is -0.370 e. The van der Waals surface area contributed by atoms with Crippen molar-refractivity contribution in [1.29, 1.82) is 0 Å². The Balaban J connectivity index is 2.48. The Hall–Kier alpha value is -1.14. The standard InChI is InChI=1S/C10H11F3N2O/c1-5-9-6(7(14)4-16-5)2-3-8(15-9)10(11,12)13/h2-3,5,7H,4,14H2,1H3/t5-,7?/m1/s1. The summed E-state index contributed by atoms with van der Waals surface area (Å²) in [4.78, 5) is 3.59. The molecule has 0 fully saturated rings. The van der Waals surface area contributed by atoms with Crippen LogP contribution in [0.5, 0.6) is 0 Å². The van der Waals surface area contributed by atoms with E-state index >= 15 is 0 Å². The van der Waals surface area contributed by atoms with Crippen LogP contribution in [-0.2, 0) is 10.9 Å². The normalized spacial score (nSPS) is 25.3. The Labute approximate surface area is 90.4 Å². The maximum atomic E-state index is 12.4. The lowest BCUT2D eigenvalue weighted by Crippen LogP contribution is -2.27. The van der Waals surface area contributed by atoms with Crippen molar-refractivity contribution in [3.8, 4) is 0 Å². The number of nitrogens with zero attached hydrogens (tertiary/aromatic N) is 1. The molecule has 2 heterocycles. The van der Waals surface area contributed by atoms with Crippen LogP contribution in [0.3, 0.4) is 0 Å². The maximum absolute atomic E-state index is 12.4. The molecule has 0 amide bonds. The van der Waals surface area contributed by atoms with E-state index in [4.69, 9.17) is 10.5 Å². The fraction of sp³-hybridized carbons (Fsp3) is 0.500. The topological polar surface area (TPSA) is 48.1 Å². The summed E-state index contributed by atoms with van der Waals surface area (Å²) >= 11 is 0. The molecule has 0 spiro atoms. The van der Waals surface area contributed by atoms with Crippen LogP contribution in [0.15, 0.2) is 12.1 Å². The van der Waals surface area contributed by atoms with Gasteiger partial charge in [0.05, 0.1) is 24.4 Å². The number of fused-ring (bicyclic) bond motifs is 1. The first-order chi connectivity index (χ1) is 7.39. The zero-order valence-electron chi connectivity index (χ0n) is 8.58. The minimum absolute atomic E-state index is 0.286. The number of ether oxygens (including phenoxy) is 1. The van der Waals surface area contributed by atoms with Crippen molar-refractivity contribution in [1.82, 2.24) is 4.98 Å². The summed E-state index contributed by atoms with van der Waals surface area (Å²) in [6, 6.07) is 1.94. The summed E-state index contributed by atoms with van der Waals surface area (Å²) in [5.74, 6) is 0. The van der Waals surface area contributed by atoms with Gasteiger partial charge in [-0.25, -0.2) is 4.98 Å². The summed E-state index contributed by atoms with van der Waals surface area (Å²) < 4.78 is 42.6. The molecule has 0 saturated carbocycles. The van der Waals surface area contributed by atoms with E-state index in [1.54, 1.807) is 6.92 Å². The fourth-order valence-electron chi connectivity index (χ4n) is 1.70. The second kappa shape index (κ2) is 3.71. The first kappa shape index (κ1) is 11.3. The molecule has 16 heavy (non-hydrogen) atoms. The molecule has 1 aromatic rings. The van der Waals surface area contributed by atoms with E-state index < -0.39 is 24.0 Å². The highest BCUT2D eigenvalue weighted by Crippen LogP contribution is 2.34. The molecule has 88 valence electrons. The summed E-state index contributed by atoms with van der Waals surface area (Å²) in [5.41, 5.74) is 5.73. The van der Waals surface area contributed by atoms with Gasteiger partial charge in [0.25, 0.3) is 0 Å². The number of aromatic nitrogens is 1. The van der Waals surface area contributed by atoms with Crippen LogP contribution < -0.4 is 5.73 Å². The van der Waals surface area contributed by atoms with Gasteiger partial charge in [0.1, 0.15) is 5.69 Å². The van der Waals surface area contributed by atoms with Crippen molar-refractivity contribution < 1.29 is 17.9 Å². The third-order valence-corrected chi connectivity index (χ3v) is 2.56. The number of pyridine rings is 1. The van der Waals surface area contributed by atoms with E-state index in [2.05, 4.69) is 4.98 Å². The highest BCUT2D eigenvalue weighted by atomic mass is 19.4. The zero-order valence-corrected chi connectivity index (χ0v) is 8.58. The van der Waals surface area contributed by atoms with Gasteiger partial charge in [-0.2, -0.15) is 13.2 Å². The van der Waals surface area contributed by atoms with E-state index in [1.165, 1.54) is 6.07 Å². The average molecular weight is 232 g/mol. The lowest BCUT2D eigenvalue weighted by atomic mass is 10.00. The lowest BCUT2D eigenvalue weighted by molar-refractivity contribution is -0.141. The molecule has 3 nitrogen and oxygen atoms in total. The maximum Gasteiger partial charge on any atom is 0.433 e. The van der Waals surface area contributed by atoms with Gasteiger partial charge in [0.2, 0.25) is 0 Å². The van der Waals surface area contributed by atoms with Crippen LogP contribution in [0.1, 0.15) is 36.0 Å². The number of halogens is 3.